The van der Waals surface area contributed by atoms with Gasteiger partial charge in [0.1, 0.15) is 0 Å². The standard InChI is InChI=1S/C13H21N3O3S/c1-3-13(14)11-5-4-6-12(9-11)20(18,19)16-8-7-15-10(2)17/h4-6,9,13,16H,3,7-8,14H2,1-2H3,(H,15,17). The summed E-state index contributed by atoms with van der Waals surface area (Å²) in [5.41, 5.74) is 6.69. The summed E-state index contributed by atoms with van der Waals surface area (Å²) in [6.07, 6.45) is 0.736. The number of rotatable bonds is 7. The molecule has 0 bridgehead atoms. The Hall–Kier alpha value is -1.44. The summed E-state index contributed by atoms with van der Waals surface area (Å²) in [7, 11) is -3.58. The minimum absolute atomic E-state index is 0.145. The zero-order valence-electron chi connectivity index (χ0n) is 11.7. The molecule has 0 aliphatic heterocycles. The van der Waals surface area contributed by atoms with Crippen molar-refractivity contribution in [1.82, 2.24) is 10.0 Å². The van der Waals surface area contributed by atoms with Crippen LogP contribution in [0.3, 0.4) is 0 Å². The second-order valence-corrected chi connectivity index (χ2v) is 6.23. The Morgan fingerprint density at radius 2 is 2.05 bits per heavy atom. The fraction of sp³-hybridized carbons (Fsp3) is 0.462. The van der Waals surface area contributed by atoms with Gasteiger partial charge in [-0.15, -0.1) is 0 Å². The predicted octanol–water partition coefficient (Wildman–Crippen LogP) is 0.511. The van der Waals surface area contributed by atoms with Gasteiger partial charge in [0.25, 0.3) is 0 Å². The molecule has 1 atom stereocenters. The Kier molecular flexibility index (Phi) is 6.12. The molecule has 112 valence electrons. The van der Waals surface area contributed by atoms with Crippen molar-refractivity contribution in [3.05, 3.63) is 29.8 Å². The third kappa shape index (κ3) is 4.92. The van der Waals surface area contributed by atoms with Crippen LogP contribution in [0, 0.1) is 0 Å². The van der Waals surface area contributed by atoms with Crippen molar-refractivity contribution in [2.24, 2.45) is 5.73 Å². The normalized spacial score (nSPS) is 12.9. The molecule has 0 spiro atoms. The number of sulfonamides is 1. The van der Waals surface area contributed by atoms with Crippen LogP contribution in [0.1, 0.15) is 31.9 Å². The van der Waals surface area contributed by atoms with Crippen LogP contribution in [0.4, 0.5) is 0 Å². The van der Waals surface area contributed by atoms with Crippen LogP contribution in [0.5, 0.6) is 0 Å². The van der Waals surface area contributed by atoms with Crippen molar-refractivity contribution in [3.8, 4) is 0 Å². The second kappa shape index (κ2) is 7.37. The maximum Gasteiger partial charge on any atom is 0.240 e. The second-order valence-electron chi connectivity index (χ2n) is 4.47. The third-order valence-electron chi connectivity index (χ3n) is 2.83. The quantitative estimate of drug-likeness (QED) is 0.638. The van der Waals surface area contributed by atoms with Crippen LogP contribution in [0.15, 0.2) is 29.2 Å². The average molecular weight is 299 g/mol. The lowest BCUT2D eigenvalue weighted by Gasteiger charge is -2.12. The zero-order chi connectivity index (χ0) is 15.2. The molecule has 4 N–H and O–H groups in total. The Balaban J connectivity index is 2.74. The maximum atomic E-state index is 12.1. The molecule has 1 unspecified atom stereocenters. The molecule has 0 radical (unpaired) electrons. The first-order valence-corrected chi connectivity index (χ1v) is 7.94. The summed E-state index contributed by atoms with van der Waals surface area (Å²) in [6.45, 7) is 3.72. The van der Waals surface area contributed by atoms with Gasteiger partial charge in [-0.2, -0.15) is 0 Å². The number of nitrogens with two attached hydrogens (primary N) is 1. The van der Waals surface area contributed by atoms with E-state index in [1.54, 1.807) is 12.1 Å². The molecule has 0 aliphatic rings. The summed E-state index contributed by atoms with van der Waals surface area (Å²) >= 11 is 0. The molecule has 0 fully saturated rings. The minimum Gasteiger partial charge on any atom is -0.355 e. The highest BCUT2D eigenvalue weighted by molar-refractivity contribution is 7.89. The van der Waals surface area contributed by atoms with Crippen LogP contribution in [-0.2, 0) is 14.8 Å². The van der Waals surface area contributed by atoms with Gasteiger partial charge in [0.2, 0.25) is 15.9 Å². The molecule has 1 aromatic carbocycles. The van der Waals surface area contributed by atoms with Gasteiger partial charge in [0.15, 0.2) is 0 Å². The van der Waals surface area contributed by atoms with Crippen molar-refractivity contribution in [2.75, 3.05) is 13.1 Å². The van der Waals surface area contributed by atoms with E-state index in [4.69, 9.17) is 5.73 Å². The van der Waals surface area contributed by atoms with Crippen molar-refractivity contribution in [1.29, 1.82) is 0 Å². The molecule has 0 heterocycles. The number of carbonyl (C=O) groups excluding carboxylic acids is 1. The number of hydrogen-bond acceptors (Lipinski definition) is 4. The van der Waals surface area contributed by atoms with E-state index in [-0.39, 0.29) is 29.9 Å². The summed E-state index contributed by atoms with van der Waals surface area (Å²) in [4.78, 5) is 10.9. The summed E-state index contributed by atoms with van der Waals surface area (Å²) in [6, 6.07) is 6.41. The molecule has 0 saturated heterocycles. The number of benzene rings is 1. The van der Waals surface area contributed by atoms with Crippen LogP contribution in [-0.4, -0.2) is 27.4 Å². The van der Waals surface area contributed by atoms with Gasteiger partial charge in [-0.1, -0.05) is 19.1 Å². The van der Waals surface area contributed by atoms with E-state index in [1.165, 1.54) is 13.0 Å². The topological polar surface area (TPSA) is 101 Å². The minimum atomic E-state index is -3.58. The van der Waals surface area contributed by atoms with Crippen LogP contribution < -0.4 is 15.8 Å². The van der Waals surface area contributed by atoms with Crippen molar-refractivity contribution >= 4 is 15.9 Å². The van der Waals surface area contributed by atoms with Crippen molar-refractivity contribution < 1.29 is 13.2 Å². The van der Waals surface area contributed by atoms with E-state index in [2.05, 4.69) is 10.0 Å². The highest BCUT2D eigenvalue weighted by Crippen LogP contribution is 2.17. The average Bonchev–Trinajstić information content (AvgIpc) is 2.42. The highest BCUT2D eigenvalue weighted by atomic mass is 32.2. The van der Waals surface area contributed by atoms with E-state index in [1.807, 2.05) is 13.0 Å². The number of nitrogens with one attached hydrogen (secondary N) is 2. The smallest absolute Gasteiger partial charge is 0.240 e. The van der Waals surface area contributed by atoms with Gasteiger partial charge in [-0.25, -0.2) is 13.1 Å². The lowest BCUT2D eigenvalue weighted by atomic mass is 10.1. The van der Waals surface area contributed by atoms with E-state index in [0.29, 0.717) is 0 Å². The molecule has 1 aromatic rings. The SMILES string of the molecule is CCC(N)c1cccc(S(=O)(=O)NCCNC(C)=O)c1. The van der Waals surface area contributed by atoms with Gasteiger partial charge in [-0.3, -0.25) is 4.79 Å². The predicted molar refractivity (Wildman–Crippen MR) is 77.5 cm³/mol. The van der Waals surface area contributed by atoms with E-state index >= 15 is 0 Å². The van der Waals surface area contributed by atoms with Gasteiger partial charge in [0, 0.05) is 26.1 Å². The molecular weight excluding hydrogens is 278 g/mol. The number of carbonyl (C=O) groups is 1. The van der Waals surface area contributed by atoms with Crippen LogP contribution >= 0.6 is 0 Å². The Morgan fingerprint density at radius 1 is 1.35 bits per heavy atom. The summed E-state index contributed by atoms with van der Waals surface area (Å²) in [5.74, 6) is -0.194. The third-order valence-corrected chi connectivity index (χ3v) is 4.29. The van der Waals surface area contributed by atoms with Crippen LogP contribution in [0.25, 0.3) is 0 Å². The molecule has 0 saturated carbocycles. The number of amides is 1. The molecular formula is C13H21N3O3S. The maximum absolute atomic E-state index is 12.1. The highest BCUT2D eigenvalue weighted by Gasteiger charge is 2.15. The van der Waals surface area contributed by atoms with Crippen LogP contribution in [0.2, 0.25) is 0 Å². The van der Waals surface area contributed by atoms with Gasteiger partial charge >= 0.3 is 0 Å². The molecule has 7 heteroatoms. The monoisotopic (exact) mass is 299 g/mol. The largest absolute Gasteiger partial charge is 0.355 e. The van der Waals surface area contributed by atoms with Gasteiger partial charge in [-0.05, 0) is 24.1 Å². The van der Waals surface area contributed by atoms with Gasteiger partial charge < -0.3 is 11.1 Å². The van der Waals surface area contributed by atoms with E-state index < -0.39 is 10.0 Å². The Labute approximate surface area is 119 Å². The summed E-state index contributed by atoms with van der Waals surface area (Å²) in [5, 5.41) is 2.52. The van der Waals surface area contributed by atoms with Crippen molar-refractivity contribution in [2.45, 2.75) is 31.2 Å². The lowest BCUT2D eigenvalue weighted by Crippen LogP contribution is -2.33. The van der Waals surface area contributed by atoms with Crippen molar-refractivity contribution in [3.63, 3.8) is 0 Å². The molecule has 1 amide bonds. The molecule has 0 aromatic heterocycles. The Morgan fingerprint density at radius 3 is 2.65 bits per heavy atom. The number of hydrogen-bond donors (Lipinski definition) is 3. The first kappa shape index (κ1) is 16.6. The van der Waals surface area contributed by atoms with E-state index in [0.717, 1.165) is 12.0 Å². The molecule has 0 aliphatic carbocycles. The lowest BCUT2D eigenvalue weighted by molar-refractivity contribution is -0.118. The fourth-order valence-corrected chi connectivity index (χ4v) is 2.74. The fourth-order valence-electron chi connectivity index (χ4n) is 1.66. The Bertz CT molecular complexity index is 558. The van der Waals surface area contributed by atoms with E-state index in [9.17, 15) is 13.2 Å². The molecule has 20 heavy (non-hydrogen) atoms. The van der Waals surface area contributed by atoms with Gasteiger partial charge in [0.05, 0.1) is 4.90 Å². The first-order chi connectivity index (χ1) is 9.36. The molecule has 6 nitrogen and oxygen atoms in total. The molecule has 1 rings (SSSR count). The summed E-state index contributed by atoms with van der Waals surface area (Å²) < 4.78 is 26.6. The first-order valence-electron chi connectivity index (χ1n) is 6.46. The zero-order valence-corrected chi connectivity index (χ0v) is 12.5.